The van der Waals surface area contributed by atoms with Gasteiger partial charge in [0.25, 0.3) is 0 Å². The Labute approximate surface area is 128 Å². The van der Waals surface area contributed by atoms with Gasteiger partial charge in [-0.1, -0.05) is 0 Å². The third kappa shape index (κ3) is 2.49. The average molecular weight is 301 g/mol. The van der Waals surface area contributed by atoms with Crippen molar-refractivity contribution in [3.8, 4) is 34.1 Å². The maximum absolute atomic E-state index is 9.92. The van der Waals surface area contributed by atoms with Crippen molar-refractivity contribution in [2.45, 2.75) is 6.92 Å². The molecule has 0 amide bonds. The van der Waals surface area contributed by atoms with E-state index in [1.165, 1.54) is 20.3 Å². The van der Waals surface area contributed by atoms with Gasteiger partial charge in [-0.3, -0.25) is 0 Å². The molecule has 2 aromatic carbocycles. The van der Waals surface area contributed by atoms with Crippen LogP contribution in [-0.2, 0) is 0 Å². The summed E-state index contributed by atoms with van der Waals surface area (Å²) in [5, 5.41) is 18.8. The number of hydrogen-bond donors (Lipinski definition) is 1. The summed E-state index contributed by atoms with van der Waals surface area (Å²) in [6.45, 7) is 1.85. The second kappa shape index (κ2) is 6.22. The van der Waals surface area contributed by atoms with Crippen molar-refractivity contribution in [2.24, 2.45) is 0 Å². The maximum Gasteiger partial charge on any atom is 0.426 e. The van der Waals surface area contributed by atoms with Crippen LogP contribution in [0.15, 0.2) is 24.3 Å². The molecule has 0 aliphatic heterocycles. The Bertz CT molecular complexity index is 751. The van der Waals surface area contributed by atoms with Crippen molar-refractivity contribution in [2.75, 3.05) is 21.3 Å². The summed E-state index contributed by atoms with van der Waals surface area (Å²) in [5.41, 5.74) is 2.40. The van der Waals surface area contributed by atoms with Crippen molar-refractivity contribution < 1.29 is 19.3 Å². The zero-order valence-corrected chi connectivity index (χ0v) is 12.9. The SMILES string of the molecule is COc1ccc(-c2cc(O)c([N+]#N)cc2C)c(OC)c1OC. The van der Waals surface area contributed by atoms with Gasteiger partial charge < -0.3 is 19.3 Å². The fourth-order valence-electron chi connectivity index (χ4n) is 2.36. The number of rotatable bonds is 4. The molecule has 0 fully saturated rings. The standard InChI is InChI=1S/C16H16N2O4/c1-9-7-12(18-17)13(19)8-11(9)10-5-6-14(20-2)16(22-4)15(10)21-3/h5-8H,1-4H3/p+1. The second-order valence-electron chi connectivity index (χ2n) is 4.64. The molecule has 22 heavy (non-hydrogen) atoms. The lowest BCUT2D eigenvalue weighted by Gasteiger charge is -2.16. The average Bonchev–Trinajstić information content (AvgIpc) is 2.54. The second-order valence-corrected chi connectivity index (χ2v) is 4.64. The highest BCUT2D eigenvalue weighted by Gasteiger charge is 2.22. The topological polar surface area (TPSA) is 76.1 Å². The Morgan fingerprint density at radius 3 is 2.18 bits per heavy atom. The van der Waals surface area contributed by atoms with Gasteiger partial charge in [0, 0.05) is 11.6 Å². The number of phenols is 1. The molecule has 0 aromatic heterocycles. The van der Waals surface area contributed by atoms with Gasteiger partial charge in [-0.25, -0.2) is 0 Å². The summed E-state index contributed by atoms with van der Waals surface area (Å²) in [7, 11) is 4.61. The van der Waals surface area contributed by atoms with Crippen LogP contribution in [0.4, 0.5) is 5.69 Å². The number of nitrogens with zero attached hydrogens (tertiary/aromatic N) is 2. The molecule has 0 aliphatic rings. The first-order chi connectivity index (χ1) is 10.6. The molecule has 6 nitrogen and oxygen atoms in total. The molecule has 0 heterocycles. The van der Waals surface area contributed by atoms with Crippen LogP contribution in [0.3, 0.4) is 0 Å². The van der Waals surface area contributed by atoms with Gasteiger partial charge in [-0.15, -0.1) is 0 Å². The lowest BCUT2D eigenvalue weighted by atomic mass is 9.98. The smallest absolute Gasteiger partial charge is 0.426 e. The number of diazo groups is 1. The first-order valence-electron chi connectivity index (χ1n) is 6.55. The molecule has 0 aliphatic carbocycles. The normalized spacial score (nSPS) is 9.95. The van der Waals surface area contributed by atoms with Gasteiger partial charge in [-0.2, -0.15) is 0 Å². The first-order valence-corrected chi connectivity index (χ1v) is 6.55. The van der Waals surface area contributed by atoms with Crippen LogP contribution in [0.5, 0.6) is 23.0 Å². The summed E-state index contributed by atoms with van der Waals surface area (Å²) >= 11 is 0. The van der Waals surface area contributed by atoms with E-state index in [0.717, 1.165) is 16.7 Å². The largest absolute Gasteiger partial charge is 0.501 e. The van der Waals surface area contributed by atoms with Gasteiger partial charge >= 0.3 is 5.69 Å². The van der Waals surface area contributed by atoms with Gasteiger partial charge in [0.15, 0.2) is 16.5 Å². The lowest BCUT2D eigenvalue weighted by molar-refractivity contribution is 0.325. The minimum Gasteiger partial charge on any atom is -0.501 e. The summed E-state index contributed by atoms with van der Waals surface area (Å²) in [5.74, 6) is 1.39. The number of phenolic OH excluding ortho intramolecular Hbond substituents is 1. The van der Waals surface area contributed by atoms with Crippen LogP contribution in [0.25, 0.3) is 16.1 Å². The number of hydrogen-bond acceptors (Lipinski definition) is 5. The van der Waals surface area contributed by atoms with Gasteiger partial charge in [0.05, 0.1) is 21.3 Å². The Hall–Kier alpha value is -2.94. The number of aryl methyl sites for hydroxylation is 1. The highest BCUT2D eigenvalue weighted by atomic mass is 16.5. The van der Waals surface area contributed by atoms with E-state index in [2.05, 4.69) is 4.98 Å². The van der Waals surface area contributed by atoms with Gasteiger partial charge in [-0.05, 0) is 36.2 Å². The van der Waals surface area contributed by atoms with Crippen molar-refractivity contribution in [3.63, 3.8) is 0 Å². The monoisotopic (exact) mass is 301 g/mol. The van der Waals surface area contributed by atoms with Crippen LogP contribution < -0.4 is 14.2 Å². The summed E-state index contributed by atoms with van der Waals surface area (Å²) in [4.78, 5) is 3.04. The van der Waals surface area contributed by atoms with Crippen LogP contribution in [-0.4, -0.2) is 26.4 Å². The van der Waals surface area contributed by atoms with Crippen molar-refractivity contribution in [1.29, 1.82) is 5.39 Å². The third-order valence-electron chi connectivity index (χ3n) is 3.42. The van der Waals surface area contributed by atoms with Gasteiger partial charge in [0.1, 0.15) is 0 Å². The van der Waals surface area contributed by atoms with E-state index in [-0.39, 0.29) is 11.4 Å². The number of methoxy groups -OCH3 is 3. The molecule has 0 unspecified atom stereocenters. The highest BCUT2D eigenvalue weighted by Crippen LogP contribution is 2.46. The molecule has 2 aromatic rings. The van der Waals surface area contributed by atoms with Crippen LogP contribution in [0, 0.1) is 12.3 Å². The predicted molar refractivity (Wildman–Crippen MR) is 82.7 cm³/mol. The Morgan fingerprint density at radius 1 is 0.955 bits per heavy atom. The van der Waals surface area contributed by atoms with Crippen LogP contribution in [0.1, 0.15) is 5.56 Å². The van der Waals surface area contributed by atoms with Crippen molar-refractivity contribution >= 4 is 5.69 Å². The fourth-order valence-corrected chi connectivity index (χ4v) is 2.36. The molecule has 6 heteroatoms. The van der Waals surface area contributed by atoms with E-state index >= 15 is 0 Å². The molecule has 2 rings (SSSR count). The van der Waals surface area contributed by atoms with Crippen LogP contribution in [0.2, 0.25) is 0 Å². The molecule has 0 radical (unpaired) electrons. The minimum atomic E-state index is -0.125. The third-order valence-corrected chi connectivity index (χ3v) is 3.42. The number of aromatic hydroxyl groups is 1. The molecular weight excluding hydrogens is 284 g/mol. The van der Waals surface area contributed by atoms with E-state index in [4.69, 9.17) is 19.6 Å². The molecule has 0 saturated heterocycles. The molecule has 0 spiro atoms. The Balaban J connectivity index is 2.73. The maximum atomic E-state index is 9.92. The lowest BCUT2D eigenvalue weighted by Crippen LogP contribution is -1.97. The zero-order chi connectivity index (χ0) is 16.3. The summed E-state index contributed by atoms with van der Waals surface area (Å²) < 4.78 is 16.1. The van der Waals surface area contributed by atoms with Crippen molar-refractivity contribution in [1.82, 2.24) is 0 Å². The molecular formula is C16H17N2O4+. The van der Waals surface area contributed by atoms with E-state index < -0.39 is 0 Å². The number of benzene rings is 2. The minimum absolute atomic E-state index is 0.112. The predicted octanol–water partition coefficient (Wildman–Crippen LogP) is 3.88. The number of ether oxygens (including phenoxy) is 3. The van der Waals surface area contributed by atoms with Crippen LogP contribution >= 0.6 is 0 Å². The summed E-state index contributed by atoms with van der Waals surface area (Å²) in [6, 6.07) is 6.68. The van der Waals surface area contributed by atoms with E-state index in [0.29, 0.717) is 17.2 Å². The van der Waals surface area contributed by atoms with E-state index in [1.807, 2.05) is 13.0 Å². The highest BCUT2D eigenvalue weighted by molar-refractivity contribution is 5.81. The van der Waals surface area contributed by atoms with Crippen molar-refractivity contribution in [3.05, 3.63) is 34.8 Å². The van der Waals surface area contributed by atoms with Gasteiger partial charge in [0.2, 0.25) is 16.9 Å². The van der Waals surface area contributed by atoms with E-state index in [1.54, 1.807) is 19.2 Å². The molecule has 1 N–H and O–H groups in total. The molecule has 0 bridgehead atoms. The Kier molecular flexibility index (Phi) is 4.37. The first kappa shape index (κ1) is 15.4. The molecule has 114 valence electrons. The Morgan fingerprint density at radius 2 is 1.64 bits per heavy atom. The zero-order valence-electron chi connectivity index (χ0n) is 12.9. The fraction of sp³-hybridized carbons (Fsp3) is 0.250. The molecule has 0 saturated carbocycles. The molecule has 0 atom stereocenters. The quantitative estimate of drug-likeness (QED) is 0.867. The summed E-state index contributed by atoms with van der Waals surface area (Å²) in [6.07, 6.45) is 0. The van der Waals surface area contributed by atoms with E-state index in [9.17, 15) is 5.11 Å².